The summed E-state index contributed by atoms with van der Waals surface area (Å²) >= 11 is 0. The maximum absolute atomic E-state index is 10.9. The Balaban J connectivity index is 2.07. The van der Waals surface area contributed by atoms with Crippen molar-refractivity contribution in [2.75, 3.05) is 5.32 Å². The summed E-state index contributed by atoms with van der Waals surface area (Å²) in [6, 6.07) is 13.4. The van der Waals surface area contributed by atoms with Gasteiger partial charge in [-0.2, -0.15) is 0 Å². The monoisotopic (exact) mass is 271 g/mol. The molecule has 0 bridgehead atoms. The highest BCUT2D eigenvalue weighted by atomic mass is 16.4. The standard InChI is InChI=1S/C14H14BNO4/c17-14(18)11-4-2-6-13(8-11)16-9-10-3-1-5-12(7-10)15(19)20/h1-8,16,19-20H,9H2,(H,17,18). The number of rotatable bonds is 5. The minimum Gasteiger partial charge on any atom is -0.478 e. The molecule has 5 nitrogen and oxygen atoms in total. The van der Waals surface area contributed by atoms with E-state index in [0.717, 1.165) is 5.56 Å². The molecular weight excluding hydrogens is 257 g/mol. The van der Waals surface area contributed by atoms with Gasteiger partial charge in [-0.15, -0.1) is 0 Å². The smallest absolute Gasteiger partial charge is 0.478 e. The van der Waals surface area contributed by atoms with Crippen LogP contribution in [0.4, 0.5) is 5.69 Å². The second-order valence-corrected chi connectivity index (χ2v) is 4.36. The van der Waals surface area contributed by atoms with Gasteiger partial charge < -0.3 is 20.5 Å². The molecule has 0 atom stereocenters. The first-order valence-electron chi connectivity index (χ1n) is 6.08. The molecule has 2 rings (SSSR count). The van der Waals surface area contributed by atoms with E-state index in [9.17, 15) is 4.79 Å². The van der Waals surface area contributed by atoms with Crippen molar-refractivity contribution in [1.29, 1.82) is 0 Å². The molecule has 0 saturated heterocycles. The summed E-state index contributed by atoms with van der Waals surface area (Å²) in [6.45, 7) is 0.462. The number of hydrogen-bond acceptors (Lipinski definition) is 4. The average molecular weight is 271 g/mol. The Kier molecular flexibility index (Phi) is 4.39. The van der Waals surface area contributed by atoms with E-state index in [4.69, 9.17) is 15.2 Å². The third-order valence-electron chi connectivity index (χ3n) is 2.86. The summed E-state index contributed by atoms with van der Waals surface area (Å²) in [5.41, 5.74) is 2.20. The lowest BCUT2D eigenvalue weighted by Crippen LogP contribution is -2.30. The van der Waals surface area contributed by atoms with Crippen LogP contribution in [0.15, 0.2) is 48.5 Å². The van der Waals surface area contributed by atoms with Crippen LogP contribution < -0.4 is 10.8 Å². The molecular formula is C14H14BNO4. The fourth-order valence-corrected chi connectivity index (χ4v) is 1.83. The number of carbonyl (C=O) groups is 1. The maximum Gasteiger partial charge on any atom is 0.488 e. The molecule has 0 spiro atoms. The van der Waals surface area contributed by atoms with Gasteiger partial charge in [0.1, 0.15) is 0 Å². The Hall–Kier alpha value is -2.31. The third kappa shape index (κ3) is 3.60. The summed E-state index contributed by atoms with van der Waals surface area (Å²) in [5, 5.41) is 30.2. The highest BCUT2D eigenvalue weighted by Crippen LogP contribution is 2.12. The van der Waals surface area contributed by atoms with Gasteiger partial charge in [-0.1, -0.05) is 30.3 Å². The fraction of sp³-hybridized carbons (Fsp3) is 0.0714. The predicted octanol–water partition coefficient (Wildman–Crippen LogP) is 0.677. The van der Waals surface area contributed by atoms with Gasteiger partial charge in [0.05, 0.1) is 5.56 Å². The first kappa shape index (κ1) is 14.1. The predicted molar refractivity (Wildman–Crippen MR) is 77.0 cm³/mol. The van der Waals surface area contributed by atoms with Gasteiger partial charge in [0.15, 0.2) is 0 Å². The summed E-state index contributed by atoms with van der Waals surface area (Å²) in [7, 11) is -1.50. The Bertz CT molecular complexity index is 616. The lowest BCUT2D eigenvalue weighted by molar-refractivity contribution is 0.0697. The van der Waals surface area contributed by atoms with E-state index in [-0.39, 0.29) is 5.56 Å². The van der Waals surface area contributed by atoms with Crippen LogP contribution >= 0.6 is 0 Å². The molecule has 2 aromatic rings. The summed E-state index contributed by atoms with van der Waals surface area (Å²) < 4.78 is 0. The van der Waals surface area contributed by atoms with Gasteiger partial charge >= 0.3 is 13.1 Å². The molecule has 6 heteroatoms. The van der Waals surface area contributed by atoms with Crippen LogP contribution in [0.1, 0.15) is 15.9 Å². The molecule has 0 saturated carbocycles. The Morgan fingerprint density at radius 2 is 1.85 bits per heavy atom. The first-order valence-corrected chi connectivity index (χ1v) is 6.08. The largest absolute Gasteiger partial charge is 0.488 e. The highest BCUT2D eigenvalue weighted by molar-refractivity contribution is 6.58. The van der Waals surface area contributed by atoms with E-state index in [1.54, 1.807) is 36.4 Å². The van der Waals surface area contributed by atoms with Crippen LogP contribution in [0.25, 0.3) is 0 Å². The minimum absolute atomic E-state index is 0.217. The normalized spacial score (nSPS) is 10.1. The molecule has 0 radical (unpaired) electrons. The average Bonchev–Trinajstić information content (AvgIpc) is 2.45. The van der Waals surface area contributed by atoms with Crippen LogP contribution in [-0.2, 0) is 6.54 Å². The summed E-state index contributed by atoms with van der Waals surface area (Å²) in [4.78, 5) is 10.9. The summed E-state index contributed by atoms with van der Waals surface area (Å²) in [6.07, 6.45) is 0. The van der Waals surface area contributed by atoms with E-state index < -0.39 is 13.1 Å². The molecule has 0 unspecified atom stereocenters. The second-order valence-electron chi connectivity index (χ2n) is 4.36. The van der Waals surface area contributed by atoms with Gasteiger partial charge in [0.2, 0.25) is 0 Å². The molecule has 0 aromatic heterocycles. The number of benzene rings is 2. The number of carboxylic acids is 1. The zero-order valence-electron chi connectivity index (χ0n) is 10.7. The molecule has 0 amide bonds. The molecule has 0 fully saturated rings. The molecule has 102 valence electrons. The molecule has 0 aliphatic heterocycles. The second kappa shape index (κ2) is 6.23. The highest BCUT2D eigenvalue weighted by Gasteiger charge is 2.10. The molecule has 0 aliphatic carbocycles. The van der Waals surface area contributed by atoms with Crippen LogP contribution in [-0.4, -0.2) is 28.2 Å². The first-order chi connectivity index (χ1) is 9.56. The maximum atomic E-state index is 10.9. The van der Waals surface area contributed by atoms with Crippen molar-refractivity contribution in [3.63, 3.8) is 0 Å². The Labute approximate surface area is 116 Å². The Morgan fingerprint density at radius 1 is 1.10 bits per heavy atom. The van der Waals surface area contributed by atoms with Crippen LogP contribution in [0.3, 0.4) is 0 Å². The van der Waals surface area contributed by atoms with Crippen molar-refractivity contribution in [2.45, 2.75) is 6.54 Å². The van der Waals surface area contributed by atoms with Crippen molar-refractivity contribution in [3.8, 4) is 0 Å². The number of hydrogen-bond donors (Lipinski definition) is 4. The quantitative estimate of drug-likeness (QED) is 0.600. The lowest BCUT2D eigenvalue weighted by Gasteiger charge is -2.08. The van der Waals surface area contributed by atoms with Crippen molar-refractivity contribution >= 4 is 24.2 Å². The molecule has 20 heavy (non-hydrogen) atoms. The number of carboxylic acid groups (broad SMARTS) is 1. The van der Waals surface area contributed by atoms with Gasteiger partial charge in [0, 0.05) is 12.2 Å². The SMILES string of the molecule is O=C(O)c1cccc(NCc2cccc(B(O)O)c2)c1. The minimum atomic E-state index is -1.50. The van der Waals surface area contributed by atoms with Crippen LogP contribution in [0.5, 0.6) is 0 Å². The van der Waals surface area contributed by atoms with E-state index >= 15 is 0 Å². The van der Waals surface area contributed by atoms with Gasteiger partial charge in [0.25, 0.3) is 0 Å². The summed E-state index contributed by atoms with van der Waals surface area (Å²) in [5.74, 6) is -0.973. The molecule has 0 heterocycles. The molecule has 2 aromatic carbocycles. The van der Waals surface area contributed by atoms with Gasteiger partial charge in [-0.25, -0.2) is 4.79 Å². The Morgan fingerprint density at radius 3 is 2.55 bits per heavy atom. The zero-order valence-corrected chi connectivity index (χ0v) is 10.7. The van der Waals surface area contributed by atoms with Gasteiger partial charge in [-0.3, -0.25) is 0 Å². The third-order valence-corrected chi connectivity index (χ3v) is 2.86. The van der Waals surface area contributed by atoms with Crippen molar-refractivity contribution in [1.82, 2.24) is 0 Å². The van der Waals surface area contributed by atoms with E-state index in [1.165, 1.54) is 6.07 Å². The van der Waals surface area contributed by atoms with Gasteiger partial charge in [-0.05, 0) is 29.2 Å². The van der Waals surface area contributed by atoms with Crippen molar-refractivity contribution < 1.29 is 19.9 Å². The van der Waals surface area contributed by atoms with Crippen LogP contribution in [0.2, 0.25) is 0 Å². The number of nitrogens with one attached hydrogen (secondary N) is 1. The van der Waals surface area contributed by atoms with E-state index in [0.29, 0.717) is 17.7 Å². The lowest BCUT2D eigenvalue weighted by atomic mass is 9.79. The molecule has 4 N–H and O–H groups in total. The van der Waals surface area contributed by atoms with Crippen molar-refractivity contribution in [2.24, 2.45) is 0 Å². The van der Waals surface area contributed by atoms with Crippen molar-refractivity contribution in [3.05, 3.63) is 59.7 Å². The van der Waals surface area contributed by atoms with E-state index in [1.807, 2.05) is 6.07 Å². The number of aromatic carboxylic acids is 1. The van der Waals surface area contributed by atoms with E-state index in [2.05, 4.69) is 5.32 Å². The zero-order chi connectivity index (χ0) is 14.5. The molecule has 0 aliphatic rings. The van der Waals surface area contributed by atoms with Crippen LogP contribution in [0, 0.1) is 0 Å². The number of anilines is 1. The fourth-order valence-electron chi connectivity index (χ4n) is 1.83. The topological polar surface area (TPSA) is 89.8 Å².